The van der Waals surface area contributed by atoms with Crippen LogP contribution in [0.5, 0.6) is 0 Å². The molecular weight excluding hydrogens is 308 g/mol. The first-order chi connectivity index (χ1) is 12.3. The number of carbonyl (C=O) groups excluding carboxylic acids is 1. The van der Waals surface area contributed by atoms with E-state index in [0.717, 1.165) is 28.9 Å². The number of hydrogen-bond acceptors (Lipinski definition) is 2. The predicted octanol–water partition coefficient (Wildman–Crippen LogP) is 5.01. The maximum atomic E-state index is 10.8. The average molecular weight is 324 g/mol. The van der Waals surface area contributed by atoms with Crippen molar-refractivity contribution in [3.8, 4) is 5.82 Å². The zero-order valence-electron chi connectivity index (χ0n) is 13.5. The molecule has 0 aliphatic heterocycles. The summed E-state index contributed by atoms with van der Waals surface area (Å²) in [6.07, 6.45) is 6.77. The van der Waals surface area contributed by atoms with E-state index < -0.39 is 0 Å². The molecule has 0 N–H and O–H groups in total. The van der Waals surface area contributed by atoms with Crippen LogP contribution in [-0.2, 0) is 0 Å². The first-order valence-electron chi connectivity index (χ1n) is 8.10. The molecule has 0 atom stereocenters. The second kappa shape index (κ2) is 6.57. The van der Waals surface area contributed by atoms with Gasteiger partial charge < -0.3 is 0 Å². The van der Waals surface area contributed by atoms with Crippen molar-refractivity contribution in [3.05, 3.63) is 95.8 Å². The highest BCUT2D eigenvalue weighted by Gasteiger charge is 2.08. The lowest BCUT2D eigenvalue weighted by Crippen LogP contribution is -1.98. The van der Waals surface area contributed by atoms with E-state index in [2.05, 4.69) is 33.8 Å². The van der Waals surface area contributed by atoms with Gasteiger partial charge in [-0.2, -0.15) is 0 Å². The van der Waals surface area contributed by atoms with Crippen LogP contribution in [0.1, 0.15) is 21.6 Å². The molecule has 0 saturated carbocycles. The van der Waals surface area contributed by atoms with Crippen LogP contribution >= 0.6 is 0 Å². The van der Waals surface area contributed by atoms with E-state index in [1.165, 1.54) is 5.39 Å². The molecular formula is C22H16N2O. The summed E-state index contributed by atoms with van der Waals surface area (Å²) in [5.74, 6) is 0.889. The molecule has 0 aliphatic rings. The molecule has 25 heavy (non-hydrogen) atoms. The molecule has 0 fully saturated rings. The second-order valence-electron chi connectivity index (χ2n) is 5.77. The van der Waals surface area contributed by atoms with Gasteiger partial charge in [0.25, 0.3) is 0 Å². The summed E-state index contributed by atoms with van der Waals surface area (Å²) < 4.78 is 2.14. The number of benzene rings is 2. The topological polar surface area (TPSA) is 34.9 Å². The molecule has 0 aliphatic carbocycles. The lowest BCUT2D eigenvalue weighted by molar-refractivity contribution is 0.112. The van der Waals surface area contributed by atoms with Gasteiger partial charge in [0.15, 0.2) is 0 Å². The summed E-state index contributed by atoms with van der Waals surface area (Å²) in [6, 6.07) is 23.9. The van der Waals surface area contributed by atoms with Gasteiger partial charge in [-0.05, 0) is 35.9 Å². The van der Waals surface area contributed by atoms with E-state index in [9.17, 15) is 4.79 Å². The van der Waals surface area contributed by atoms with Crippen molar-refractivity contribution in [2.24, 2.45) is 0 Å². The number of fused-ring (bicyclic) bond motifs is 1. The van der Waals surface area contributed by atoms with Crippen molar-refractivity contribution in [2.45, 2.75) is 0 Å². The molecule has 2 aromatic carbocycles. The lowest BCUT2D eigenvalue weighted by atomic mass is 10.1. The van der Waals surface area contributed by atoms with Crippen LogP contribution in [0.4, 0.5) is 0 Å². The van der Waals surface area contributed by atoms with Crippen molar-refractivity contribution >= 4 is 29.3 Å². The predicted molar refractivity (Wildman–Crippen MR) is 102 cm³/mol. The van der Waals surface area contributed by atoms with E-state index >= 15 is 0 Å². The summed E-state index contributed by atoms with van der Waals surface area (Å²) in [5.41, 5.74) is 3.90. The summed E-state index contributed by atoms with van der Waals surface area (Å²) in [4.78, 5) is 15.3. The van der Waals surface area contributed by atoms with Gasteiger partial charge in [0.05, 0.1) is 5.52 Å². The van der Waals surface area contributed by atoms with E-state index in [0.29, 0.717) is 5.56 Å². The summed E-state index contributed by atoms with van der Waals surface area (Å²) in [5, 5.41) is 1.17. The van der Waals surface area contributed by atoms with Crippen LogP contribution in [-0.4, -0.2) is 15.8 Å². The SMILES string of the molecule is O=Cc1ccc(/C=C/c2cc3ccccc3n2-c2ccccn2)cc1. The van der Waals surface area contributed by atoms with Gasteiger partial charge in [-0.15, -0.1) is 0 Å². The average Bonchev–Trinajstić information content (AvgIpc) is 3.06. The molecule has 0 saturated heterocycles. The molecule has 0 unspecified atom stereocenters. The van der Waals surface area contributed by atoms with E-state index in [-0.39, 0.29) is 0 Å². The molecule has 2 aromatic heterocycles. The first kappa shape index (κ1) is 15.1. The molecule has 120 valence electrons. The largest absolute Gasteiger partial charge is 0.298 e. The lowest BCUT2D eigenvalue weighted by Gasteiger charge is -2.07. The van der Waals surface area contributed by atoms with Crippen LogP contribution in [0.2, 0.25) is 0 Å². The number of para-hydroxylation sites is 1. The Hall–Kier alpha value is -3.46. The Morgan fingerprint density at radius 3 is 2.32 bits per heavy atom. The Labute approximate surface area is 145 Å². The number of carbonyl (C=O) groups is 1. The minimum absolute atomic E-state index is 0.680. The Bertz CT molecular complexity index is 1040. The summed E-state index contributed by atoms with van der Waals surface area (Å²) >= 11 is 0. The normalized spacial score (nSPS) is 11.2. The number of hydrogen-bond donors (Lipinski definition) is 0. The number of aromatic nitrogens is 2. The quantitative estimate of drug-likeness (QED) is 0.495. The van der Waals surface area contributed by atoms with Crippen molar-refractivity contribution in [2.75, 3.05) is 0 Å². The number of pyridine rings is 1. The van der Waals surface area contributed by atoms with Gasteiger partial charge in [0.2, 0.25) is 0 Å². The molecule has 0 radical (unpaired) electrons. The third-order valence-electron chi connectivity index (χ3n) is 4.14. The summed E-state index contributed by atoms with van der Waals surface area (Å²) in [7, 11) is 0. The van der Waals surface area contributed by atoms with Crippen molar-refractivity contribution in [1.29, 1.82) is 0 Å². The van der Waals surface area contributed by atoms with Gasteiger partial charge >= 0.3 is 0 Å². The number of nitrogens with zero attached hydrogens (tertiary/aromatic N) is 2. The fraction of sp³-hybridized carbons (Fsp3) is 0. The van der Waals surface area contributed by atoms with Crippen molar-refractivity contribution in [3.63, 3.8) is 0 Å². The fourth-order valence-corrected chi connectivity index (χ4v) is 2.91. The van der Waals surface area contributed by atoms with Crippen molar-refractivity contribution in [1.82, 2.24) is 9.55 Å². The molecule has 4 rings (SSSR count). The van der Waals surface area contributed by atoms with Crippen LogP contribution in [0, 0.1) is 0 Å². The van der Waals surface area contributed by atoms with Gasteiger partial charge in [-0.25, -0.2) is 4.98 Å². The van der Waals surface area contributed by atoms with Crippen LogP contribution in [0.3, 0.4) is 0 Å². The Morgan fingerprint density at radius 2 is 1.56 bits per heavy atom. The third kappa shape index (κ3) is 3.00. The highest BCUT2D eigenvalue weighted by molar-refractivity contribution is 5.87. The zero-order valence-corrected chi connectivity index (χ0v) is 13.5. The maximum absolute atomic E-state index is 10.8. The molecule has 0 spiro atoms. The molecule has 4 aromatic rings. The monoisotopic (exact) mass is 324 g/mol. The zero-order chi connectivity index (χ0) is 17.1. The minimum Gasteiger partial charge on any atom is -0.298 e. The Morgan fingerprint density at radius 1 is 0.800 bits per heavy atom. The molecule has 3 heteroatoms. The highest BCUT2D eigenvalue weighted by atomic mass is 16.1. The smallest absolute Gasteiger partial charge is 0.150 e. The van der Waals surface area contributed by atoms with Gasteiger partial charge in [0, 0.05) is 22.8 Å². The minimum atomic E-state index is 0.680. The van der Waals surface area contributed by atoms with Crippen LogP contribution in [0.25, 0.3) is 28.9 Å². The Kier molecular flexibility index (Phi) is 3.97. The summed E-state index contributed by atoms with van der Waals surface area (Å²) in [6.45, 7) is 0. The number of aldehydes is 1. The first-order valence-corrected chi connectivity index (χ1v) is 8.10. The molecule has 2 heterocycles. The maximum Gasteiger partial charge on any atom is 0.150 e. The Balaban J connectivity index is 1.81. The van der Waals surface area contributed by atoms with E-state index in [1.54, 1.807) is 6.20 Å². The molecule has 3 nitrogen and oxygen atoms in total. The van der Waals surface area contributed by atoms with Gasteiger partial charge in [-0.1, -0.05) is 54.6 Å². The highest BCUT2D eigenvalue weighted by Crippen LogP contribution is 2.24. The van der Waals surface area contributed by atoms with Gasteiger partial charge in [-0.3, -0.25) is 9.36 Å². The van der Waals surface area contributed by atoms with Crippen LogP contribution in [0.15, 0.2) is 79.0 Å². The van der Waals surface area contributed by atoms with Crippen molar-refractivity contribution < 1.29 is 4.79 Å². The standard InChI is InChI=1S/C22H16N2O/c25-16-18-10-8-17(9-11-18)12-13-20-15-19-5-1-2-6-21(19)24(20)22-7-3-4-14-23-22/h1-16H/b13-12+. The number of rotatable bonds is 4. The second-order valence-corrected chi connectivity index (χ2v) is 5.77. The third-order valence-corrected chi connectivity index (χ3v) is 4.14. The van der Waals surface area contributed by atoms with Crippen LogP contribution < -0.4 is 0 Å². The molecule has 0 bridgehead atoms. The van der Waals surface area contributed by atoms with E-state index in [4.69, 9.17) is 0 Å². The van der Waals surface area contributed by atoms with E-state index in [1.807, 2.05) is 60.7 Å². The molecule has 0 amide bonds. The van der Waals surface area contributed by atoms with Gasteiger partial charge in [0.1, 0.15) is 12.1 Å². The fourth-order valence-electron chi connectivity index (χ4n) is 2.91.